The summed E-state index contributed by atoms with van der Waals surface area (Å²) in [6, 6.07) is 14.6. The highest BCUT2D eigenvalue weighted by Gasteiger charge is 2.33. The summed E-state index contributed by atoms with van der Waals surface area (Å²) in [4.78, 5) is 17.4. The normalized spacial score (nSPS) is 16.3. The van der Waals surface area contributed by atoms with E-state index in [1.807, 2.05) is 48.2 Å². The van der Waals surface area contributed by atoms with Gasteiger partial charge in [-0.1, -0.05) is 18.7 Å². The third-order valence-corrected chi connectivity index (χ3v) is 7.97. The molecule has 1 aromatic heterocycles. The molecule has 0 unspecified atom stereocenters. The van der Waals surface area contributed by atoms with Crippen LogP contribution in [0.3, 0.4) is 0 Å². The molecule has 1 fully saturated rings. The largest absolute Gasteiger partial charge is 0.497 e. The van der Waals surface area contributed by atoms with Gasteiger partial charge in [0.05, 0.1) is 18.5 Å². The van der Waals surface area contributed by atoms with E-state index < -0.39 is 10.0 Å². The van der Waals surface area contributed by atoms with Crippen LogP contribution in [0.5, 0.6) is 5.75 Å². The Kier molecular flexibility index (Phi) is 7.18. The zero-order valence-electron chi connectivity index (χ0n) is 21.6. The van der Waals surface area contributed by atoms with E-state index >= 15 is 0 Å². The fourth-order valence-corrected chi connectivity index (χ4v) is 5.99. The first-order chi connectivity index (χ1) is 18.3. The lowest BCUT2D eigenvalue weighted by Gasteiger charge is -2.28. The monoisotopic (exact) mass is 533 g/mol. The fourth-order valence-electron chi connectivity index (χ4n) is 4.92. The Labute approximate surface area is 223 Å². The highest BCUT2D eigenvalue weighted by atomic mass is 32.2. The average Bonchev–Trinajstić information content (AvgIpc) is 3.56. The Morgan fingerprint density at radius 1 is 1.05 bits per heavy atom. The van der Waals surface area contributed by atoms with Gasteiger partial charge in [0, 0.05) is 24.0 Å². The highest BCUT2D eigenvalue weighted by molar-refractivity contribution is 7.90. The van der Waals surface area contributed by atoms with Gasteiger partial charge in [-0.15, -0.1) is 0 Å². The number of allylic oxidation sites excluding steroid dienone is 1. The molecule has 0 radical (unpaired) electrons. The number of hydrogen-bond acceptors (Lipinski definition) is 6. The highest BCUT2D eigenvalue weighted by Crippen LogP contribution is 2.31. The molecule has 1 amide bonds. The summed E-state index contributed by atoms with van der Waals surface area (Å²) in [5.74, 6) is 0.507. The molecule has 2 aliphatic rings. The van der Waals surface area contributed by atoms with Crippen LogP contribution in [0.4, 0.5) is 5.69 Å². The maximum absolute atomic E-state index is 13.8. The fraction of sp³-hybridized carbons (Fsp3) is 0.321. The molecule has 0 spiro atoms. The molecule has 10 heteroatoms. The number of amides is 1. The van der Waals surface area contributed by atoms with Crippen molar-refractivity contribution in [2.75, 3.05) is 37.5 Å². The van der Waals surface area contributed by atoms with Crippen LogP contribution in [-0.2, 0) is 16.4 Å². The molecular formula is C28H31N5O4S. The van der Waals surface area contributed by atoms with E-state index in [0.29, 0.717) is 24.2 Å². The number of hydrogen-bond donors (Lipinski definition) is 0. The van der Waals surface area contributed by atoms with Crippen molar-refractivity contribution >= 4 is 33.4 Å². The molecule has 3 heterocycles. The van der Waals surface area contributed by atoms with Crippen LogP contribution in [-0.4, -0.2) is 67.8 Å². The summed E-state index contributed by atoms with van der Waals surface area (Å²) in [7, 11) is -1.96. The van der Waals surface area contributed by atoms with E-state index in [9.17, 15) is 13.2 Å². The Hall–Kier alpha value is -3.76. The van der Waals surface area contributed by atoms with Gasteiger partial charge in [-0.2, -0.15) is 9.50 Å². The predicted octanol–water partition coefficient (Wildman–Crippen LogP) is 3.92. The van der Waals surface area contributed by atoms with E-state index in [1.54, 1.807) is 28.8 Å². The second-order valence-corrected chi connectivity index (χ2v) is 11.3. The van der Waals surface area contributed by atoms with Crippen molar-refractivity contribution in [3.63, 3.8) is 0 Å². The van der Waals surface area contributed by atoms with Crippen molar-refractivity contribution in [1.29, 1.82) is 0 Å². The molecule has 38 heavy (non-hydrogen) atoms. The lowest BCUT2D eigenvalue weighted by Crippen LogP contribution is -2.38. The number of nitrogens with zero attached hydrogens (tertiary/aromatic N) is 5. The summed E-state index contributed by atoms with van der Waals surface area (Å²) >= 11 is 0. The maximum Gasteiger partial charge on any atom is 0.277 e. The third kappa shape index (κ3) is 5.27. The van der Waals surface area contributed by atoms with Gasteiger partial charge in [-0.3, -0.25) is 9.69 Å². The molecule has 9 nitrogen and oxygen atoms in total. The summed E-state index contributed by atoms with van der Waals surface area (Å²) in [6.07, 6.45) is 4.04. The smallest absolute Gasteiger partial charge is 0.277 e. The molecule has 198 valence electrons. The number of carbonyl (C=O) groups excluding carboxylic acids is 1. The van der Waals surface area contributed by atoms with Crippen molar-refractivity contribution < 1.29 is 17.9 Å². The second-order valence-electron chi connectivity index (χ2n) is 9.63. The van der Waals surface area contributed by atoms with E-state index in [1.165, 1.54) is 6.21 Å². The van der Waals surface area contributed by atoms with Gasteiger partial charge in [0.25, 0.3) is 15.9 Å². The van der Waals surface area contributed by atoms with Crippen molar-refractivity contribution in [3.8, 4) is 11.4 Å². The molecule has 0 saturated carbocycles. The molecule has 1 saturated heterocycles. The van der Waals surface area contributed by atoms with E-state index in [4.69, 9.17) is 9.84 Å². The minimum Gasteiger partial charge on any atom is -0.497 e. The topological polar surface area (TPSA) is 97.1 Å². The Morgan fingerprint density at radius 2 is 1.71 bits per heavy atom. The number of fused-ring (bicyclic) bond motifs is 1. The number of anilines is 1. The van der Waals surface area contributed by atoms with Crippen LogP contribution in [0, 0.1) is 0 Å². The number of sulfonamides is 1. The van der Waals surface area contributed by atoms with Gasteiger partial charge in [0.1, 0.15) is 17.3 Å². The third-order valence-electron chi connectivity index (χ3n) is 6.85. The molecular weight excluding hydrogens is 502 g/mol. The maximum atomic E-state index is 13.8. The lowest BCUT2D eigenvalue weighted by molar-refractivity contribution is 0.0973. The molecule has 2 aromatic carbocycles. The first kappa shape index (κ1) is 25.9. The zero-order chi connectivity index (χ0) is 26.9. The SMILES string of the molecule is C=C(C)c1nn(-c2ccc(OC)cc2)c2c1CCN(c1ccc(/C=N/S(=O)(=O)CN3CCCC3)cc1)C2=O. The van der Waals surface area contributed by atoms with Gasteiger partial charge >= 0.3 is 0 Å². The van der Waals surface area contributed by atoms with E-state index in [2.05, 4.69) is 11.0 Å². The molecule has 0 N–H and O–H groups in total. The first-order valence-corrected chi connectivity index (χ1v) is 14.2. The van der Waals surface area contributed by atoms with Gasteiger partial charge in [0.2, 0.25) is 0 Å². The van der Waals surface area contributed by atoms with Crippen molar-refractivity contribution in [2.45, 2.75) is 26.2 Å². The van der Waals surface area contributed by atoms with Gasteiger partial charge in [-0.25, -0.2) is 13.1 Å². The average molecular weight is 534 g/mol. The number of aromatic nitrogens is 2. The van der Waals surface area contributed by atoms with Crippen LogP contribution in [0.25, 0.3) is 11.3 Å². The van der Waals surface area contributed by atoms with Gasteiger partial charge < -0.3 is 9.64 Å². The summed E-state index contributed by atoms with van der Waals surface area (Å²) in [5.41, 5.74) is 5.07. The van der Waals surface area contributed by atoms with Crippen molar-refractivity contribution in [1.82, 2.24) is 14.7 Å². The Bertz CT molecular complexity index is 1490. The second kappa shape index (κ2) is 10.5. The number of ether oxygens (including phenoxy) is 1. The number of benzene rings is 2. The molecule has 5 rings (SSSR count). The van der Waals surface area contributed by atoms with Crippen LogP contribution < -0.4 is 9.64 Å². The first-order valence-electron chi connectivity index (χ1n) is 12.6. The Balaban J connectivity index is 1.39. The van der Waals surface area contributed by atoms with Crippen molar-refractivity contribution in [3.05, 3.63) is 77.6 Å². The van der Waals surface area contributed by atoms with Crippen LogP contribution in [0.15, 0.2) is 59.5 Å². The molecule has 0 aliphatic carbocycles. The van der Waals surface area contributed by atoms with Crippen LogP contribution >= 0.6 is 0 Å². The van der Waals surface area contributed by atoms with Gasteiger partial charge in [0.15, 0.2) is 0 Å². The minimum atomic E-state index is -3.57. The van der Waals surface area contributed by atoms with Crippen molar-refractivity contribution in [2.24, 2.45) is 4.40 Å². The van der Waals surface area contributed by atoms with E-state index in [-0.39, 0.29) is 11.8 Å². The minimum absolute atomic E-state index is 0.0553. The quantitative estimate of drug-likeness (QED) is 0.407. The molecule has 0 atom stereocenters. The molecule has 2 aliphatic heterocycles. The predicted molar refractivity (Wildman–Crippen MR) is 149 cm³/mol. The Morgan fingerprint density at radius 3 is 2.34 bits per heavy atom. The number of carbonyl (C=O) groups is 1. The molecule has 0 bridgehead atoms. The summed E-state index contributed by atoms with van der Waals surface area (Å²) < 4.78 is 35.5. The van der Waals surface area contributed by atoms with Crippen LogP contribution in [0.2, 0.25) is 0 Å². The number of rotatable bonds is 8. The molecule has 3 aromatic rings. The number of likely N-dealkylation sites (tertiary alicyclic amines) is 1. The van der Waals surface area contributed by atoms with E-state index in [0.717, 1.165) is 59.9 Å². The summed E-state index contributed by atoms with van der Waals surface area (Å²) in [6.45, 7) is 8.04. The zero-order valence-corrected chi connectivity index (χ0v) is 22.4. The van der Waals surface area contributed by atoms with Crippen LogP contribution in [0.1, 0.15) is 47.1 Å². The lowest BCUT2D eigenvalue weighted by atomic mass is 10.00. The standard InChI is InChI=1S/C28H31N5O4S/c1-20(2)26-25-14-17-32(28(34)27(25)33(30-26)23-10-12-24(37-3)13-11-23)22-8-6-21(7-9-22)18-29-38(35,36)19-31-15-4-5-16-31/h6-13,18H,1,4-5,14-17,19H2,2-3H3/b29-18+. The number of methoxy groups -OCH3 is 1. The van der Waals surface area contributed by atoms with Gasteiger partial charge in [-0.05, 0) is 86.8 Å². The summed E-state index contributed by atoms with van der Waals surface area (Å²) in [5, 5.41) is 4.74.